The van der Waals surface area contributed by atoms with Crippen LogP contribution in [0.5, 0.6) is 0 Å². The summed E-state index contributed by atoms with van der Waals surface area (Å²) in [4.78, 5) is 34.7. The first-order valence-electron chi connectivity index (χ1n) is 7.46. The summed E-state index contributed by atoms with van der Waals surface area (Å²) in [6.45, 7) is 3.36. The Bertz CT molecular complexity index is 737. The summed E-state index contributed by atoms with van der Waals surface area (Å²) in [5, 5.41) is 2.65. The van der Waals surface area contributed by atoms with E-state index in [2.05, 4.69) is 16.2 Å². The summed E-state index contributed by atoms with van der Waals surface area (Å²) >= 11 is 0. The van der Waals surface area contributed by atoms with Crippen LogP contribution in [-0.4, -0.2) is 17.7 Å². The third-order valence-electron chi connectivity index (χ3n) is 3.27. The third kappa shape index (κ3) is 5.24. The first-order chi connectivity index (χ1) is 11.4. The average Bonchev–Trinajstić information content (AvgIpc) is 2.54. The van der Waals surface area contributed by atoms with Crippen LogP contribution in [0.15, 0.2) is 48.5 Å². The molecule has 3 amide bonds. The van der Waals surface area contributed by atoms with Gasteiger partial charge in [-0.2, -0.15) is 0 Å². The van der Waals surface area contributed by atoms with E-state index in [1.807, 2.05) is 19.1 Å². The Morgan fingerprint density at radius 3 is 2.08 bits per heavy atom. The molecule has 0 aliphatic heterocycles. The molecule has 0 aromatic heterocycles. The minimum absolute atomic E-state index is 0.120. The van der Waals surface area contributed by atoms with Crippen molar-refractivity contribution in [2.75, 3.05) is 5.32 Å². The quantitative estimate of drug-likeness (QED) is 0.751. The monoisotopic (exact) mass is 325 g/mol. The Kier molecular flexibility index (Phi) is 5.68. The van der Waals surface area contributed by atoms with E-state index in [1.54, 1.807) is 36.4 Å². The molecule has 2 rings (SSSR count). The number of benzene rings is 2. The molecule has 6 nitrogen and oxygen atoms in total. The van der Waals surface area contributed by atoms with Gasteiger partial charge in [0.25, 0.3) is 5.91 Å². The molecule has 0 fully saturated rings. The van der Waals surface area contributed by atoms with Crippen molar-refractivity contribution in [2.45, 2.75) is 20.3 Å². The molecule has 0 aliphatic rings. The lowest BCUT2D eigenvalue weighted by Gasteiger charge is -2.08. The van der Waals surface area contributed by atoms with Crippen LogP contribution in [0, 0.1) is 6.92 Å². The Balaban J connectivity index is 1.83. The van der Waals surface area contributed by atoms with E-state index in [4.69, 9.17) is 0 Å². The normalized spacial score (nSPS) is 9.92. The van der Waals surface area contributed by atoms with Gasteiger partial charge in [0.15, 0.2) is 0 Å². The molecular weight excluding hydrogens is 306 g/mol. The second-order valence-electron chi connectivity index (χ2n) is 5.42. The van der Waals surface area contributed by atoms with Gasteiger partial charge in [0.1, 0.15) is 0 Å². The van der Waals surface area contributed by atoms with Gasteiger partial charge in [-0.05, 0) is 36.8 Å². The van der Waals surface area contributed by atoms with Crippen LogP contribution in [0.3, 0.4) is 0 Å². The van der Waals surface area contributed by atoms with Crippen LogP contribution < -0.4 is 16.2 Å². The molecular formula is C18H19N3O3. The maximum atomic E-state index is 11.9. The number of amides is 3. The van der Waals surface area contributed by atoms with E-state index < -0.39 is 0 Å². The molecule has 0 radical (unpaired) electrons. The van der Waals surface area contributed by atoms with Crippen LogP contribution in [0.1, 0.15) is 28.4 Å². The molecule has 0 atom stereocenters. The fourth-order valence-corrected chi connectivity index (χ4v) is 2.04. The highest BCUT2D eigenvalue weighted by atomic mass is 16.2. The molecule has 2 aromatic carbocycles. The summed E-state index contributed by atoms with van der Waals surface area (Å²) < 4.78 is 0. The number of hydrogen-bond donors (Lipinski definition) is 3. The van der Waals surface area contributed by atoms with Gasteiger partial charge in [-0.25, -0.2) is 0 Å². The highest BCUT2D eigenvalue weighted by Gasteiger charge is 2.08. The van der Waals surface area contributed by atoms with Gasteiger partial charge in [-0.15, -0.1) is 0 Å². The Hall–Kier alpha value is -3.15. The van der Waals surface area contributed by atoms with Gasteiger partial charge >= 0.3 is 0 Å². The Morgan fingerprint density at radius 1 is 0.875 bits per heavy atom. The number of hydrogen-bond acceptors (Lipinski definition) is 3. The largest absolute Gasteiger partial charge is 0.326 e. The molecule has 3 N–H and O–H groups in total. The minimum Gasteiger partial charge on any atom is -0.326 e. The van der Waals surface area contributed by atoms with Crippen LogP contribution >= 0.6 is 0 Å². The number of carbonyl (C=O) groups is 3. The standard InChI is InChI=1S/C18H19N3O3/c1-12-3-7-15(8-4-12)18(24)21-20-17(23)11-14-5-9-16(10-6-14)19-13(2)22/h3-10H,11H2,1-2H3,(H,19,22)(H,20,23)(H,21,24). The molecule has 0 heterocycles. The van der Waals surface area contributed by atoms with Crippen molar-refractivity contribution >= 4 is 23.4 Å². The van der Waals surface area contributed by atoms with Crippen LogP contribution in [-0.2, 0) is 16.0 Å². The average molecular weight is 325 g/mol. The molecule has 0 saturated heterocycles. The zero-order chi connectivity index (χ0) is 17.5. The summed E-state index contributed by atoms with van der Waals surface area (Å²) in [6.07, 6.45) is 0.120. The number of nitrogens with one attached hydrogen (secondary N) is 3. The molecule has 0 aliphatic carbocycles. The van der Waals surface area contributed by atoms with E-state index in [0.717, 1.165) is 11.1 Å². The predicted octanol–water partition coefficient (Wildman–Crippen LogP) is 1.96. The summed E-state index contributed by atoms with van der Waals surface area (Å²) in [5.74, 6) is -0.855. The molecule has 0 bridgehead atoms. The van der Waals surface area contributed by atoms with E-state index >= 15 is 0 Å². The topological polar surface area (TPSA) is 87.3 Å². The van der Waals surface area contributed by atoms with Crippen LogP contribution in [0.4, 0.5) is 5.69 Å². The van der Waals surface area contributed by atoms with Crippen molar-refractivity contribution in [3.63, 3.8) is 0 Å². The maximum Gasteiger partial charge on any atom is 0.269 e. The van der Waals surface area contributed by atoms with Crippen LogP contribution in [0.2, 0.25) is 0 Å². The maximum absolute atomic E-state index is 11.9. The lowest BCUT2D eigenvalue weighted by molar-refractivity contribution is -0.121. The van der Waals surface area contributed by atoms with Crippen molar-refractivity contribution in [3.05, 3.63) is 65.2 Å². The van der Waals surface area contributed by atoms with Gasteiger partial charge in [0.05, 0.1) is 6.42 Å². The van der Waals surface area contributed by atoms with Crippen molar-refractivity contribution in [2.24, 2.45) is 0 Å². The van der Waals surface area contributed by atoms with Crippen LogP contribution in [0.25, 0.3) is 0 Å². The van der Waals surface area contributed by atoms with Crippen molar-refractivity contribution in [1.29, 1.82) is 0 Å². The van der Waals surface area contributed by atoms with Gasteiger partial charge < -0.3 is 5.32 Å². The van der Waals surface area contributed by atoms with E-state index in [-0.39, 0.29) is 24.1 Å². The summed E-state index contributed by atoms with van der Waals surface area (Å²) in [7, 11) is 0. The zero-order valence-electron chi connectivity index (χ0n) is 13.6. The third-order valence-corrected chi connectivity index (χ3v) is 3.27. The van der Waals surface area contributed by atoms with Gasteiger partial charge in [0.2, 0.25) is 11.8 Å². The molecule has 2 aromatic rings. The number of rotatable bonds is 4. The molecule has 0 saturated carbocycles. The highest BCUT2D eigenvalue weighted by molar-refractivity contribution is 5.95. The van der Waals surface area contributed by atoms with Gasteiger partial charge in [0, 0.05) is 18.2 Å². The molecule has 24 heavy (non-hydrogen) atoms. The minimum atomic E-state index is -0.371. The van der Waals surface area contributed by atoms with Gasteiger partial charge in [-0.3, -0.25) is 25.2 Å². The van der Waals surface area contributed by atoms with Crippen molar-refractivity contribution in [3.8, 4) is 0 Å². The first kappa shape index (κ1) is 17.2. The lowest BCUT2D eigenvalue weighted by atomic mass is 10.1. The fraction of sp³-hybridized carbons (Fsp3) is 0.167. The molecule has 0 spiro atoms. The second kappa shape index (κ2) is 7.92. The Morgan fingerprint density at radius 2 is 1.50 bits per heavy atom. The fourth-order valence-electron chi connectivity index (χ4n) is 2.04. The van der Waals surface area contributed by atoms with Crippen molar-refractivity contribution < 1.29 is 14.4 Å². The van der Waals surface area contributed by atoms with E-state index in [9.17, 15) is 14.4 Å². The molecule has 6 heteroatoms. The van der Waals surface area contributed by atoms with E-state index in [0.29, 0.717) is 11.3 Å². The van der Waals surface area contributed by atoms with Gasteiger partial charge in [-0.1, -0.05) is 29.8 Å². The number of carbonyl (C=O) groups excluding carboxylic acids is 3. The van der Waals surface area contributed by atoms with Crippen molar-refractivity contribution in [1.82, 2.24) is 10.9 Å². The second-order valence-corrected chi connectivity index (χ2v) is 5.42. The number of aryl methyl sites for hydroxylation is 1. The summed E-state index contributed by atoms with van der Waals surface area (Å²) in [5.41, 5.74) is 7.73. The summed E-state index contributed by atoms with van der Waals surface area (Å²) in [6, 6.07) is 14.0. The Labute approximate surface area is 140 Å². The molecule has 0 unspecified atom stereocenters. The van der Waals surface area contributed by atoms with E-state index in [1.165, 1.54) is 6.92 Å². The predicted molar refractivity (Wildman–Crippen MR) is 91.2 cm³/mol. The molecule has 124 valence electrons. The zero-order valence-corrected chi connectivity index (χ0v) is 13.6. The highest BCUT2D eigenvalue weighted by Crippen LogP contribution is 2.10. The lowest BCUT2D eigenvalue weighted by Crippen LogP contribution is -2.42. The smallest absolute Gasteiger partial charge is 0.269 e. The first-order valence-corrected chi connectivity index (χ1v) is 7.46. The number of anilines is 1. The number of hydrazine groups is 1. The SMILES string of the molecule is CC(=O)Nc1ccc(CC(=O)NNC(=O)c2ccc(C)cc2)cc1.